The number of ketones is 1. The van der Waals surface area contributed by atoms with Crippen LogP contribution < -0.4 is 0 Å². The molecule has 0 radical (unpaired) electrons. The van der Waals surface area contributed by atoms with Crippen molar-refractivity contribution in [3.05, 3.63) is 71.3 Å². The largest absolute Gasteiger partial charge is 0.461 e. The van der Waals surface area contributed by atoms with Gasteiger partial charge >= 0.3 is 11.9 Å². The van der Waals surface area contributed by atoms with E-state index in [-0.39, 0.29) is 25.1 Å². The molecule has 2 saturated heterocycles. The van der Waals surface area contributed by atoms with E-state index in [4.69, 9.17) is 23.7 Å². The highest BCUT2D eigenvalue weighted by molar-refractivity contribution is 5.83. The molecule has 14 heteroatoms. The van der Waals surface area contributed by atoms with Gasteiger partial charge in [0.05, 0.1) is 36.3 Å². The van der Waals surface area contributed by atoms with Crippen molar-refractivity contribution in [2.75, 3.05) is 14.2 Å². The first-order valence-electron chi connectivity index (χ1n) is 20.2. The minimum Gasteiger partial charge on any atom is -0.461 e. The second kappa shape index (κ2) is 19.8. The number of ether oxygens (including phenoxy) is 5. The topological polar surface area (TPSA) is 161 Å². The lowest BCUT2D eigenvalue weighted by atomic mass is 9.74. The Morgan fingerprint density at radius 1 is 0.966 bits per heavy atom. The smallest absolute Gasteiger partial charge is 0.312 e. The van der Waals surface area contributed by atoms with Crippen LogP contribution in [0.4, 0.5) is 8.78 Å². The fourth-order valence-corrected chi connectivity index (χ4v) is 8.71. The van der Waals surface area contributed by atoms with Gasteiger partial charge in [-0.1, -0.05) is 52.0 Å². The number of nitrogens with zero attached hydrogens (tertiary/aromatic N) is 1. The van der Waals surface area contributed by atoms with Crippen molar-refractivity contribution in [3.63, 3.8) is 0 Å². The molecule has 2 aromatic rings. The van der Waals surface area contributed by atoms with Gasteiger partial charge in [-0.05, 0) is 89.4 Å². The van der Waals surface area contributed by atoms with Gasteiger partial charge in [-0.3, -0.25) is 19.3 Å². The fourth-order valence-electron chi connectivity index (χ4n) is 8.71. The number of rotatable bonds is 10. The third-order valence-electron chi connectivity index (χ3n) is 12.2. The van der Waals surface area contributed by atoms with Crippen LogP contribution in [0.5, 0.6) is 0 Å². The Balaban J connectivity index is 1.80. The van der Waals surface area contributed by atoms with Crippen molar-refractivity contribution in [2.45, 2.75) is 148 Å². The SMILES string of the molecule is CC[C@H]1OC(=O)[C@H](C)[C@@H](OC(=O)Cc2cccc(F)c2)[C@H](C)[C@@H](O[C@@H]2O[C@H](C)C[C@H](N(C)Cc3ccc(F)cc3)[C@H]2O)[C@](C)(OC)C[C@@H](C)C(=O)[C@H](C)[C@@H](O)[C@]1(C)O. The molecule has 0 aromatic heterocycles. The van der Waals surface area contributed by atoms with Crippen LogP contribution in [0.3, 0.4) is 0 Å². The molecule has 2 heterocycles. The van der Waals surface area contributed by atoms with E-state index in [2.05, 4.69) is 0 Å². The summed E-state index contributed by atoms with van der Waals surface area (Å²) in [6.45, 7) is 13.3. The van der Waals surface area contributed by atoms with Gasteiger partial charge in [0.25, 0.3) is 0 Å². The van der Waals surface area contributed by atoms with Gasteiger partial charge in [0.15, 0.2) is 6.29 Å². The van der Waals surface area contributed by atoms with E-state index in [9.17, 15) is 38.5 Å². The number of methoxy groups -OCH3 is 1. The Hall–Kier alpha value is -3.37. The number of hydrogen-bond donors (Lipinski definition) is 3. The van der Waals surface area contributed by atoms with E-state index in [1.54, 1.807) is 45.9 Å². The molecule has 2 aliphatic rings. The number of carbonyl (C=O) groups excluding carboxylic acids is 3. The fraction of sp³-hybridized carbons (Fsp3) is 0.659. The summed E-state index contributed by atoms with van der Waals surface area (Å²) < 4.78 is 59.1. The average Bonchev–Trinajstić information content (AvgIpc) is 3.17. The summed E-state index contributed by atoms with van der Waals surface area (Å²) in [5, 5.41) is 35.0. The van der Waals surface area contributed by atoms with E-state index in [1.165, 1.54) is 58.2 Å². The maximum atomic E-state index is 14.1. The third-order valence-corrected chi connectivity index (χ3v) is 12.2. The van der Waals surface area contributed by atoms with Crippen molar-refractivity contribution in [1.82, 2.24) is 4.90 Å². The lowest BCUT2D eigenvalue weighted by Gasteiger charge is -2.48. The number of aliphatic hydroxyl groups excluding tert-OH is 2. The molecule has 2 aliphatic heterocycles. The van der Waals surface area contributed by atoms with Crippen molar-refractivity contribution in [2.24, 2.45) is 23.7 Å². The first-order valence-corrected chi connectivity index (χ1v) is 20.2. The second-order valence-electron chi connectivity index (χ2n) is 16.9. The predicted molar refractivity (Wildman–Crippen MR) is 210 cm³/mol. The monoisotopic (exact) mass is 819 g/mol. The number of esters is 2. The maximum Gasteiger partial charge on any atom is 0.312 e. The van der Waals surface area contributed by atoms with Crippen LogP contribution in [0.25, 0.3) is 0 Å². The number of aliphatic hydroxyl groups is 3. The molecule has 324 valence electrons. The van der Waals surface area contributed by atoms with Gasteiger partial charge in [0.1, 0.15) is 41.3 Å². The molecule has 12 nitrogen and oxygen atoms in total. The summed E-state index contributed by atoms with van der Waals surface area (Å²) in [5.41, 5.74) is -2.27. The van der Waals surface area contributed by atoms with E-state index in [1.807, 2.05) is 18.9 Å². The summed E-state index contributed by atoms with van der Waals surface area (Å²) >= 11 is 0. The highest BCUT2D eigenvalue weighted by atomic mass is 19.1. The summed E-state index contributed by atoms with van der Waals surface area (Å²) in [6, 6.07) is 11.1. The van der Waals surface area contributed by atoms with Gasteiger partial charge in [-0.15, -0.1) is 0 Å². The van der Waals surface area contributed by atoms with Crippen LogP contribution in [-0.2, 0) is 51.0 Å². The van der Waals surface area contributed by atoms with Gasteiger partial charge in [-0.2, -0.15) is 0 Å². The molecule has 3 N–H and O–H groups in total. The summed E-state index contributed by atoms with van der Waals surface area (Å²) in [7, 11) is 3.27. The number of hydrogen-bond acceptors (Lipinski definition) is 12. The summed E-state index contributed by atoms with van der Waals surface area (Å²) in [4.78, 5) is 43.8. The highest BCUT2D eigenvalue weighted by Crippen LogP contribution is 2.40. The minimum absolute atomic E-state index is 0.00278. The van der Waals surface area contributed by atoms with E-state index >= 15 is 0 Å². The summed E-state index contributed by atoms with van der Waals surface area (Å²) in [6.07, 6.45) is -8.07. The van der Waals surface area contributed by atoms with Crippen LogP contribution >= 0.6 is 0 Å². The van der Waals surface area contributed by atoms with Crippen molar-refractivity contribution in [1.29, 1.82) is 0 Å². The van der Waals surface area contributed by atoms with Crippen LogP contribution in [0, 0.1) is 35.3 Å². The van der Waals surface area contributed by atoms with Gasteiger partial charge in [0.2, 0.25) is 0 Å². The van der Waals surface area contributed by atoms with Crippen LogP contribution in [0.2, 0.25) is 0 Å². The first-order chi connectivity index (χ1) is 27.1. The number of Topliss-reactive ketones (excluding diaryl/α,β-unsaturated/α-hetero) is 1. The molecule has 2 aromatic carbocycles. The Labute approximate surface area is 341 Å². The zero-order valence-electron chi connectivity index (χ0n) is 35.4. The normalized spacial score (nSPS) is 36.9. The first kappa shape index (κ1) is 47.3. The van der Waals surface area contributed by atoms with E-state index in [0.29, 0.717) is 18.5 Å². The predicted octanol–water partition coefficient (Wildman–Crippen LogP) is 5.16. The molecule has 0 bridgehead atoms. The Morgan fingerprint density at radius 3 is 2.22 bits per heavy atom. The Morgan fingerprint density at radius 2 is 1.62 bits per heavy atom. The lowest BCUT2D eigenvalue weighted by Crippen LogP contribution is -2.61. The number of likely N-dealkylation sites (N-methyl/N-ethyl adjacent to an activating group) is 1. The van der Waals surface area contributed by atoms with Gasteiger partial charge in [-0.25, -0.2) is 8.78 Å². The number of benzene rings is 2. The molecule has 4 rings (SSSR count). The molecule has 58 heavy (non-hydrogen) atoms. The standard InChI is InChI=1S/C44H63F2NO11/c1-11-34-44(8,53)39(51)26(4)36(49)24(2)22-43(7,54-10)40(27(5)38(28(6)41(52)56-34)57-35(48)21-30-13-12-14-32(46)20-30)58-42-37(50)33(19-25(3)55-42)47(9)23-29-15-17-31(45)18-16-29/h12-18,20,24-28,33-34,37-40,42,50-51,53H,11,19,21-23H2,1-10H3/t24-,25-,26+,27+,28-,33+,34-,37-,38+,39-,40-,42+,43-,44-/m1/s1. The van der Waals surface area contributed by atoms with Crippen LogP contribution in [0.1, 0.15) is 85.8 Å². The molecule has 0 unspecified atom stereocenters. The third kappa shape index (κ3) is 11.1. The molecule has 0 aliphatic carbocycles. The van der Waals surface area contributed by atoms with Gasteiger partial charge in [0, 0.05) is 37.5 Å². The second-order valence-corrected chi connectivity index (χ2v) is 16.9. The molecule has 0 spiro atoms. The lowest BCUT2D eigenvalue weighted by molar-refractivity contribution is -0.302. The number of halogens is 2. The molecule has 2 fully saturated rings. The average molecular weight is 820 g/mol. The number of cyclic esters (lactones) is 1. The Bertz CT molecular complexity index is 1690. The Kier molecular flexibility index (Phi) is 16.1. The summed E-state index contributed by atoms with van der Waals surface area (Å²) in [5.74, 6) is -6.94. The zero-order chi connectivity index (χ0) is 43.3. The quantitative estimate of drug-likeness (QED) is 0.271. The molecular formula is C44H63F2NO11. The van der Waals surface area contributed by atoms with Crippen molar-refractivity contribution >= 4 is 17.7 Å². The van der Waals surface area contributed by atoms with Crippen molar-refractivity contribution in [3.8, 4) is 0 Å². The minimum atomic E-state index is -2.04. The maximum absolute atomic E-state index is 14.1. The van der Waals surface area contributed by atoms with E-state index in [0.717, 1.165) is 5.56 Å². The van der Waals surface area contributed by atoms with Gasteiger partial charge < -0.3 is 39.0 Å². The van der Waals surface area contributed by atoms with Crippen molar-refractivity contribution < 1.29 is 62.2 Å². The van der Waals surface area contributed by atoms with Crippen LogP contribution in [0.15, 0.2) is 48.5 Å². The molecule has 14 atom stereocenters. The highest BCUT2D eigenvalue weighted by Gasteiger charge is 2.53. The molecular weight excluding hydrogens is 756 g/mol. The zero-order valence-corrected chi connectivity index (χ0v) is 35.4. The van der Waals surface area contributed by atoms with Crippen LogP contribution in [-0.4, -0.2) is 112 Å². The number of carbonyl (C=O) groups is 3. The molecule has 0 amide bonds. The molecule has 0 saturated carbocycles. The van der Waals surface area contributed by atoms with E-state index < -0.39 is 107 Å².